The molecule has 0 bridgehead atoms. The second-order valence-corrected chi connectivity index (χ2v) is 5.96. The Kier molecular flexibility index (Phi) is 4.12. The Hall–Kier alpha value is -1.84. The molecule has 0 spiro atoms. The van der Waals surface area contributed by atoms with E-state index in [0.29, 0.717) is 5.92 Å². The molecule has 0 saturated carbocycles. The average Bonchev–Trinajstić information content (AvgIpc) is 2.40. The number of benzene rings is 1. The fraction of sp³-hybridized carbons (Fsp3) is 0.500. The molecule has 1 aromatic carbocycles. The normalized spacial score (nSPS) is 19.7. The van der Waals surface area contributed by atoms with Crippen molar-refractivity contribution in [3.8, 4) is 0 Å². The summed E-state index contributed by atoms with van der Waals surface area (Å²) in [5.41, 5.74) is 1.98. The number of amides is 2. The smallest absolute Gasteiger partial charge is 0.250 e. The number of carbonyl (C=O) groups excluding carboxylic acids is 2. The van der Waals surface area contributed by atoms with Gasteiger partial charge in [0.15, 0.2) is 0 Å². The molecule has 0 radical (unpaired) electrons. The molecule has 20 heavy (non-hydrogen) atoms. The lowest BCUT2D eigenvalue weighted by Crippen LogP contribution is -2.60. The fourth-order valence-electron chi connectivity index (χ4n) is 2.39. The first-order valence-electron chi connectivity index (χ1n) is 7.11. The van der Waals surface area contributed by atoms with Gasteiger partial charge in [0.2, 0.25) is 11.8 Å². The van der Waals surface area contributed by atoms with E-state index >= 15 is 0 Å². The van der Waals surface area contributed by atoms with Crippen molar-refractivity contribution in [1.82, 2.24) is 5.32 Å². The van der Waals surface area contributed by atoms with Gasteiger partial charge in [0.1, 0.15) is 12.6 Å². The Morgan fingerprint density at radius 1 is 1.20 bits per heavy atom. The summed E-state index contributed by atoms with van der Waals surface area (Å²) in [6, 6.07) is 7.44. The van der Waals surface area contributed by atoms with E-state index in [1.54, 1.807) is 4.90 Å². The maximum atomic E-state index is 12.5. The lowest BCUT2D eigenvalue weighted by atomic mass is 9.99. The number of anilines is 1. The summed E-state index contributed by atoms with van der Waals surface area (Å²) in [6.07, 6.45) is 0. The molecule has 2 amide bonds. The van der Waals surface area contributed by atoms with Crippen LogP contribution in [0.5, 0.6) is 0 Å². The zero-order chi connectivity index (χ0) is 14.9. The van der Waals surface area contributed by atoms with Crippen LogP contribution in [0.4, 0.5) is 5.69 Å². The molecule has 1 fully saturated rings. The van der Waals surface area contributed by atoms with Crippen molar-refractivity contribution >= 4 is 17.5 Å². The highest BCUT2D eigenvalue weighted by Crippen LogP contribution is 2.24. The van der Waals surface area contributed by atoms with Crippen molar-refractivity contribution in [1.29, 1.82) is 0 Å². The minimum atomic E-state index is -0.432. The molecule has 2 rings (SSSR count). The summed E-state index contributed by atoms with van der Waals surface area (Å²) in [4.78, 5) is 25.9. The van der Waals surface area contributed by atoms with Crippen molar-refractivity contribution in [2.45, 2.75) is 39.7 Å². The van der Waals surface area contributed by atoms with Crippen molar-refractivity contribution in [2.75, 3.05) is 11.4 Å². The summed E-state index contributed by atoms with van der Waals surface area (Å²) in [6.45, 7) is 8.21. The lowest BCUT2D eigenvalue weighted by molar-refractivity contribution is -0.132. The Morgan fingerprint density at radius 3 is 2.50 bits per heavy atom. The Labute approximate surface area is 120 Å². The maximum absolute atomic E-state index is 12.5. The van der Waals surface area contributed by atoms with Gasteiger partial charge >= 0.3 is 0 Å². The summed E-state index contributed by atoms with van der Waals surface area (Å²) in [5.74, 6) is 0.353. The molecule has 108 valence electrons. The topological polar surface area (TPSA) is 49.4 Å². The van der Waals surface area contributed by atoms with E-state index < -0.39 is 6.04 Å². The number of rotatable bonds is 3. The molecule has 1 N–H and O–H groups in total. The van der Waals surface area contributed by atoms with E-state index in [1.807, 2.05) is 38.1 Å². The minimum Gasteiger partial charge on any atom is -0.342 e. The molecule has 1 unspecified atom stereocenters. The molecule has 1 aliphatic rings. The number of carbonyl (C=O) groups is 2. The van der Waals surface area contributed by atoms with Gasteiger partial charge < -0.3 is 10.2 Å². The van der Waals surface area contributed by atoms with Gasteiger partial charge in [-0.2, -0.15) is 0 Å². The van der Waals surface area contributed by atoms with Crippen molar-refractivity contribution in [2.24, 2.45) is 5.92 Å². The Balaban J connectivity index is 2.33. The molecule has 1 aliphatic heterocycles. The van der Waals surface area contributed by atoms with Crippen LogP contribution >= 0.6 is 0 Å². The Bertz CT molecular complexity index is 523. The van der Waals surface area contributed by atoms with Gasteiger partial charge in [0.05, 0.1) is 0 Å². The largest absolute Gasteiger partial charge is 0.342 e. The number of piperazine rings is 1. The van der Waals surface area contributed by atoms with Gasteiger partial charge in [-0.25, -0.2) is 0 Å². The fourth-order valence-corrected chi connectivity index (χ4v) is 2.39. The highest BCUT2D eigenvalue weighted by atomic mass is 16.2. The van der Waals surface area contributed by atoms with Crippen LogP contribution in [-0.2, 0) is 9.59 Å². The predicted molar refractivity (Wildman–Crippen MR) is 79.7 cm³/mol. The second-order valence-electron chi connectivity index (χ2n) is 5.96. The second kappa shape index (κ2) is 5.65. The number of hydrogen-bond donors (Lipinski definition) is 1. The highest BCUT2D eigenvalue weighted by molar-refractivity contribution is 6.06. The third kappa shape index (κ3) is 2.84. The van der Waals surface area contributed by atoms with Gasteiger partial charge in [-0.05, 0) is 29.5 Å². The third-order valence-corrected chi connectivity index (χ3v) is 3.67. The molecule has 1 aromatic rings. The number of hydrogen-bond acceptors (Lipinski definition) is 2. The summed E-state index contributed by atoms with van der Waals surface area (Å²) in [5, 5.41) is 2.77. The van der Waals surface area contributed by atoms with Crippen LogP contribution < -0.4 is 10.2 Å². The van der Waals surface area contributed by atoms with Crippen LogP contribution in [0.1, 0.15) is 39.2 Å². The van der Waals surface area contributed by atoms with Gasteiger partial charge in [-0.3, -0.25) is 9.59 Å². The van der Waals surface area contributed by atoms with Gasteiger partial charge in [-0.1, -0.05) is 39.8 Å². The first-order chi connectivity index (χ1) is 9.40. The van der Waals surface area contributed by atoms with E-state index in [-0.39, 0.29) is 24.3 Å². The summed E-state index contributed by atoms with van der Waals surface area (Å²) < 4.78 is 0. The highest BCUT2D eigenvalue weighted by Gasteiger charge is 2.35. The molecule has 1 atom stereocenters. The maximum Gasteiger partial charge on any atom is 0.250 e. The number of nitrogens with zero attached hydrogens (tertiary/aromatic N) is 1. The van der Waals surface area contributed by atoms with Crippen molar-refractivity contribution in [3.05, 3.63) is 29.8 Å². The van der Waals surface area contributed by atoms with Crippen LogP contribution in [0.25, 0.3) is 0 Å². The minimum absolute atomic E-state index is 0.0273. The lowest BCUT2D eigenvalue weighted by Gasteiger charge is -2.34. The monoisotopic (exact) mass is 274 g/mol. The van der Waals surface area contributed by atoms with Crippen LogP contribution in [0.2, 0.25) is 0 Å². The Morgan fingerprint density at radius 2 is 1.90 bits per heavy atom. The van der Waals surface area contributed by atoms with E-state index in [9.17, 15) is 9.59 Å². The average molecular weight is 274 g/mol. The SMILES string of the molecule is CC(C)c1cccc(N2CC(=O)NC(C(C)C)C2=O)c1. The molecule has 4 nitrogen and oxygen atoms in total. The first kappa shape index (κ1) is 14.6. The van der Waals surface area contributed by atoms with Crippen molar-refractivity contribution < 1.29 is 9.59 Å². The predicted octanol–water partition coefficient (Wildman–Crippen LogP) is 2.30. The number of nitrogens with one attached hydrogen (secondary N) is 1. The van der Waals surface area contributed by atoms with E-state index in [2.05, 4.69) is 19.2 Å². The van der Waals surface area contributed by atoms with Crippen LogP contribution in [0.15, 0.2) is 24.3 Å². The standard InChI is InChI=1S/C16H22N2O2/c1-10(2)12-6-5-7-13(8-12)18-9-14(19)17-15(11(3)4)16(18)20/h5-8,10-11,15H,9H2,1-4H3,(H,17,19). The van der Waals surface area contributed by atoms with Gasteiger partial charge in [0, 0.05) is 5.69 Å². The van der Waals surface area contributed by atoms with E-state index in [1.165, 1.54) is 5.56 Å². The zero-order valence-corrected chi connectivity index (χ0v) is 12.5. The summed E-state index contributed by atoms with van der Waals surface area (Å²) >= 11 is 0. The third-order valence-electron chi connectivity index (χ3n) is 3.67. The van der Waals surface area contributed by atoms with Gasteiger partial charge in [-0.15, -0.1) is 0 Å². The molecule has 0 aromatic heterocycles. The van der Waals surface area contributed by atoms with E-state index in [4.69, 9.17) is 0 Å². The van der Waals surface area contributed by atoms with Crippen LogP contribution in [0.3, 0.4) is 0 Å². The first-order valence-corrected chi connectivity index (χ1v) is 7.11. The van der Waals surface area contributed by atoms with E-state index in [0.717, 1.165) is 5.69 Å². The molecule has 4 heteroatoms. The molecule has 0 aliphatic carbocycles. The van der Waals surface area contributed by atoms with Crippen LogP contribution in [-0.4, -0.2) is 24.4 Å². The molecule has 1 saturated heterocycles. The van der Waals surface area contributed by atoms with Crippen molar-refractivity contribution in [3.63, 3.8) is 0 Å². The molecular weight excluding hydrogens is 252 g/mol. The van der Waals surface area contributed by atoms with Gasteiger partial charge in [0.25, 0.3) is 0 Å². The summed E-state index contributed by atoms with van der Waals surface area (Å²) in [7, 11) is 0. The molecular formula is C16H22N2O2. The zero-order valence-electron chi connectivity index (χ0n) is 12.5. The molecule has 1 heterocycles. The quantitative estimate of drug-likeness (QED) is 0.919. The van der Waals surface area contributed by atoms with Crippen LogP contribution in [0, 0.1) is 5.92 Å².